The third-order valence-corrected chi connectivity index (χ3v) is 5.55. The molecule has 32 heavy (non-hydrogen) atoms. The number of hydrogen-bond acceptors (Lipinski definition) is 6. The van der Waals surface area contributed by atoms with Crippen molar-refractivity contribution in [1.29, 1.82) is 0 Å². The van der Waals surface area contributed by atoms with Crippen molar-refractivity contribution in [3.05, 3.63) is 57.5 Å². The van der Waals surface area contributed by atoms with Crippen LogP contribution in [0.25, 0.3) is 6.08 Å². The molecular weight excluding hydrogens is 452 g/mol. The molecule has 164 valence electrons. The number of hydrogen-bond donors (Lipinski definition) is 1. The summed E-state index contributed by atoms with van der Waals surface area (Å²) in [5, 5.41) is 2.38. The largest absolute Gasteiger partial charge is 0.493 e. The summed E-state index contributed by atoms with van der Waals surface area (Å²) >= 11 is 7.00. The van der Waals surface area contributed by atoms with Crippen LogP contribution < -0.4 is 14.8 Å². The number of anilines is 1. The molecule has 0 saturated carbocycles. The summed E-state index contributed by atoms with van der Waals surface area (Å²) in [6, 6.07) is 10.4. The fraction of sp³-hybridized carbons (Fsp3) is 0.174. The number of rotatable bonds is 7. The third kappa shape index (κ3) is 5.44. The van der Waals surface area contributed by atoms with E-state index in [1.54, 1.807) is 24.3 Å². The smallest absolute Gasteiger partial charge is 0.294 e. The van der Waals surface area contributed by atoms with E-state index in [1.807, 2.05) is 19.1 Å². The van der Waals surface area contributed by atoms with Crippen molar-refractivity contribution in [2.24, 2.45) is 0 Å². The van der Waals surface area contributed by atoms with Gasteiger partial charge in [-0.2, -0.15) is 0 Å². The summed E-state index contributed by atoms with van der Waals surface area (Å²) in [6.07, 6.45) is 6.71. The fourth-order valence-corrected chi connectivity index (χ4v) is 3.96. The van der Waals surface area contributed by atoms with Crippen LogP contribution in [-0.2, 0) is 9.59 Å². The van der Waals surface area contributed by atoms with Gasteiger partial charge in [0.15, 0.2) is 11.5 Å². The number of amides is 3. The second-order valence-electron chi connectivity index (χ2n) is 6.71. The molecule has 0 atom stereocenters. The van der Waals surface area contributed by atoms with E-state index in [4.69, 9.17) is 27.5 Å². The SMILES string of the molecule is C#CCOc1c(Cl)cc(/C=C2/SC(=O)N(CC(=O)Nc3ccc(C)cc3)C2=O)cc1OC. The van der Waals surface area contributed by atoms with Gasteiger partial charge in [-0.3, -0.25) is 19.3 Å². The van der Waals surface area contributed by atoms with E-state index in [9.17, 15) is 14.4 Å². The molecule has 0 bridgehead atoms. The summed E-state index contributed by atoms with van der Waals surface area (Å²) in [5.41, 5.74) is 2.15. The summed E-state index contributed by atoms with van der Waals surface area (Å²) in [7, 11) is 1.44. The highest BCUT2D eigenvalue weighted by molar-refractivity contribution is 8.18. The van der Waals surface area contributed by atoms with Gasteiger partial charge in [0, 0.05) is 5.69 Å². The van der Waals surface area contributed by atoms with Crippen LogP contribution >= 0.6 is 23.4 Å². The number of thioether (sulfide) groups is 1. The normalized spacial score (nSPS) is 14.4. The molecule has 1 N–H and O–H groups in total. The van der Waals surface area contributed by atoms with Crippen molar-refractivity contribution in [2.45, 2.75) is 6.92 Å². The molecule has 0 aromatic heterocycles. The number of nitrogens with zero attached hydrogens (tertiary/aromatic N) is 1. The van der Waals surface area contributed by atoms with Crippen LogP contribution in [-0.4, -0.2) is 42.2 Å². The molecule has 1 fully saturated rings. The molecule has 0 unspecified atom stereocenters. The lowest BCUT2D eigenvalue weighted by Crippen LogP contribution is -2.36. The van der Waals surface area contributed by atoms with E-state index >= 15 is 0 Å². The van der Waals surface area contributed by atoms with Crippen molar-refractivity contribution in [1.82, 2.24) is 4.90 Å². The maximum atomic E-state index is 12.7. The van der Waals surface area contributed by atoms with E-state index in [1.165, 1.54) is 13.2 Å². The highest BCUT2D eigenvalue weighted by atomic mass is 35.5. The summed E-state index contributed by atoms with van der Waals surface area (Å²) in [4.78, 5) is 38.4. The first-order valence-corrected chi connectivity index (χ1v) is 10.6. The lowest BCUT2D eigenvalue weighted by molar-refractivity contribution is -0.127. The van der Waals surface area contributed by atoms with Gasteiger partial charge in [0.05, 0.1) is 17.0 Å². The number of ether oxygens (including phenoxy) is 2. The number of terminal acetylenes is 1. The summed E-state index contributed by atoms with van der Waals surface area (Å²) in [5.74, 6) is 1.91. The van der Waals surface area contributed by atoms with Gasteiger partial charge in [0.25, 0.3) is 11.1 Å². The first-order valence-electron chi connectivity index (χ1n) is 9.38. The second kappa shape index (κ2) is 10.3. The fourth-order valence-electron chi connectivity index (χ4n) is 2.85. The van der Waals surface area contributed by atoms with Gasteiger partial charge in [0.2, 0.25) is 5.91 Å². The number of halogens is 1. The zero-order valence-corrected chi connectivity index (χ0v) is 18.9. The zero-order chi connectivity index (χ0) is 23.3. The first kappa shape index (κ1) is 23.3. The molecule has 0 radical (unpaired) electrons. The van der Waals surface area contributed by atoms with Gasteiger partial charge in [-0.05, 0) is 54.6 Å². The highest BCUT2D eigenvalue weighted by Gasteiger charge is 2.36. The van der Waals surface area contributed by atoms with Crippen molar-refractivity contribution in [3.8, 4) is 23.8 Å². The second-order valence-corrected chi connectivity index (χ2v) is 8.11. The van der Waals surface area contributed by atoms with Crippen molar-refractivity contribution in [3.63, 3.8) is 0 Å². The number of methoxy groups -OCH3 is 1. The Hall–Kier alpha value is -3.41. The van der Waals surface area contributed by atoms with Crippen LogP contribution in [0.2, 0.25) is 5.02 Å². The minimum Gasteiger partial charge on any atom is -0.493 e. The maximum Gasteiger partial charge on any atom is 0.294 e. The van der Waals surface area contributed by atoms with E-state index in [0.717, 1.165) is 22.2 Å². The molecule has 1 saturated heterocycles. The maximum absolute atomic E-state index is 12.7. The molecule has 2 aromatic carbocycles. The molecule has 1 aliphatic rings. The standard InChI is InChI=1S/C23H19ClN2O5S/c1-4-9-31-21-17(24)10-15(11-18(21)30-3)12-19-22(28)26(23(29)32-19)13-20(27)25-16-7-5-14(2)6-8-16/h1,5-8,10-12H,9,13H2,2-3H3,(H,25,27)/b19-12+. The zero-order valence-electron chi connectivity index (χ0n) is 17.3. The monoisotopic (exact) mass is 470 g/mol. The first-order chi connectivity index (χ1) is 15.3. The average molecular weight is 471 g/mol. The Balaban J connectivity index is 1.75. The number of benzene rings is 2. The molecular formula is C23H19ClN2O5S. The Kier molecular flexibility index (Phi) is 7.46. The molecule has 9 heteroatoms. The Morgan fingerprint density at radius 2 is 2.00 bits per heavy atom. The molecule has 3 rings (SSSR count). The number of nitrogens with one attached hydrogen (secondary N) is 1. The topological polar surface area (TPSA) is 84.9 Å². The number of carbonyl (C=O) groups is 3. The van der Waals surface area contributed by atoms with Gasteiger partial charge < -0.3 is 14.8 Å². The van der Waals surface area contributed by atoms with Crippen molar-refractivity contribution >= 4 is 52.2 Å². The van der Waals surface area contributed by atoms with Gasteiger partial charge >= 0.3 is 0 Å². The van der Waals surface area contributed by atoms with Crippen LogP contribution in [0.1, 0.15) is 11.1 Å². The Labute approximate surface area is 194 Å². The van der Waals surface area contributed by atoms with Gasteiger partial charge in [-0.15, -0.1) is 6.42 Å². The van der Waals surface area contributed by atoms with Crippen LogP contribution in [0.5, 0.6) is 11.5 Å². The third-order valence-electron chi connectivity index (χ3n) is 4.36. The molecule has 2 aromatic rings. The summed E-state index contributed by atoms with van der Waals surface area (Å²) in [6.45, 7) is 1.55. The molecule has 3 amide bonds. The average Bonchev–Trinajstić information content (AvgIpc) is 3.01. The summed E-state index contributed by atoms with van der Waals surface area (Å²) < 4.78 is 10.7. The Morgan fingerprint density at radius 1 is 1.28 bits per heavy atom. The van der Waals surface area contributed by atoms with Crippen LogP contribution in [0.15, 0.2) is 41.3 Å². The van der Waals surface area contributed by atoms with Gasteiger partial charge in [0.1, 0.15) is 13.2 Å². The molecule has 0 spiro atoms. The van der Waals surface area contributed by atoms with E-state index in [-0.39, 0.29) is 22.3 Å². The van der Waals surface area contributed by atoms with Crippen LogP contribution in [0, 0.1) is 19.3 Å². The van der Waals surface area contributed by atoms with E-state index in [2.05, 4.69) is 11.2 Å². The quantitative estimate of drug-likeness (QED) is 0.478. The molecule has 1 heterocycles. The predicted molar refractivity (Wildman–Crippen MR) is 125 cm³/mol. The van der Waals surface area contributed by atoms with E-state index < -0.39 is 23.6 Å². The minimum atomic E-state index is -0.568. The number of imide groups is 1. The van der Waals surface area contributed by atoms with Crippen LogP contribution in [0.4, 0.5) is 10.5 Å². The van der Waals surface area contributed by atoms with Gasteiger partial charge in [-0.1, -0.05) is 35.2 Å². The Morgan fingerprint density at radius 3 is 2.66 bits per heavy atom. The number of aryl methyl sites for hydroxylation is 1. The Bertz CT molecular complexity index is 1140. The minimum absolute atomic E-state index is 0.0129. The number of carbonyl (C=O) groups excluding carboxylic acids is 3. The van der Waals surface area contributed by atoms with Crippen LogP contribution in [0.3, 0.4) is 0 Å². The lowest BCUT2D eigenvalue weighted by Gasteiger charge is -2.13. The molecule has 1 aliphatic heterocycles. The lowest BCUT2D eigenvalue weighted by atomic mass is 10.1. The van der Waals surface area contributed by atoms with E-state index in [0.29, 0.717) is 17.0 Å². The molecule has 7 nitrogen and oxygen atoms in total. The van der Waals surface area contributed by atoms with Crippen molar-refractivity contribution < 1.29 is 23.9 Å². The van der Waals surface area contributed by atoms with Gasteiger partial charge in [-0.25, -0.2) is 0 Å². The molecule has 0 aliphatic carbocycles. The highest BCUT2D eigenvalue weighted by Crippen LogP contribution is 2.38. The van der Waals surface area contributed by atoms with Crippen molar-refractivity contribution in [2.75, 3.05) is 25.6 Å². The predicted octanol–water partition coefficient (Wildman–Crippen LogP) is 4.34.